The summed E-state index contributed by atoms with van der Waals surface area (Å²) in [7, 11) is -2.54. The molecule has 0 radical (unpaired) electrons. The molecule has 0 atom stereocenters. The minimum absolute atomic E-state index is 0.0824. The highest BCUT2D eigenvalue weighted by Gasteiger charge is 2.18. The average molecular weight is 400 g/mol. The van der Waals surface area contributed by atoms with Crippen LogP contribution in [0.4, 0.5) is 15.8 Å². The number of anilines is 2. The largest absolute Gasteiger partial charge is 0.495 e. The predicted octanol–water partition coefficient (Wildman–Crippen LogP) is 3.89. The molecule has 2 N–H and O–H groups in total. The first-order valence-electron chi connectivity index (χ1n) is 8.22. The second kappa shape index (κ2) is 8.10. The molecule has 0 aromatic heterocycles. The molecule has 6 nitrogen and oxygen atoms in total. The number of carbonyl (C=O) groups excluding carboxylic acids is 1. The monoisotopic (exact) mass is 400 g/mol. The summed E-state index contributed by atoms with van der Waals surface area (Å²) in [6, 6.07) is 17.5. The van der Waals surface area contributed by atoms with E-state index in [1.54, 1.807) is 30.3 Å². The smallest absolute Gasteiger partial charge is 0.261 e. The quantitative estimate of drug-likeness (QED) is 0.658. The number of carbonyl (C=O) groups is 1. The Hall–Kier alpha value is -3.39. The molecule has 0 fully saturated rings. The van der Waals surface area contributed by atoms with Gasteiger partial charge in [-0.2, -0.15) is 0 Å². The van der Waals surface area contributed by atoms with Gasteiger partial charge in [0.25, 0.3) is 15.9 Å². The molecule has 0 aliphatic heterocycles. The van der Waals surface area contributed by atoms with Crippen molar-refractivity contribution in [3.8, 4) is 5.75 Å². The molecule has 1 amide bonds. The van der Waals surface area contributed by atoms with Crippen molar-refractivity contribution in [2.75, 3.05) is 17.1 Å². The zero-order chi connectivity index (χ0) is 20.1. The van der Waals surface area contributed by atoms with Crippen LogP contribution in [0.3, 0.4) is 0 Å². The van der Waals surface area contributed by atoms with E-state index in [1.807, 2.05) is 0 Å². The van der Waals surface area contributed by atoms with Crippen LogP contribution in [0.15, 0.2) is 77.7 Å². The molecule has 8 heteroatoms. The van der Waals surface area contributed by atoms with Crippen molar-refractivity contribution >= 4 is 27.3 Å². The zero-order valence-electron chi connectivity index (χ0n) is 14.8. The van der Waals surface area contributed by atoms with Crippen LogP contribution < -0.4 is 14.8 Å². The summed E-state index contributed by atoms with van der Waals surface area (Å²) in [5.41, 5.74) is 0.840. The fourth-order valence-electron chi connectivity index (χ4n) is 2.47. The van der Waals surface area contributed by atoms with Gasteiger partial charge in [-0.15, -0.1) is 0 Å². The SMILES string of the molecule is COc1ccc(S(=O)(=O)Nc2ccc(F)cc2)cc1NC(=O)c1ccccc1. The fraction of sp³-hybridized carbons (Fsp3) is 0.0500. The maximum atomic E-state index is 13.0. The van der Waals surface area contributed by atoms with E-state index in [4.69, 9.17) is 4.74 Å². The molecule has 0 aliphatic carbocycles. The van der Waals surface area contributed by atoms with Gasteiger partial charge in [-0.1, -0.05) is 18.2 Å². The molecule has 0 unspecified atom stereocenters. The summed E-state index contributed by atoms with van der Waals surface area (Å²) in [6.07, 6.45) is 0. The van der Waals surface area contributed by atoms with Crippen LogP contribution in [0.25, 0.3) is 0 Å². The van der Waals surface area contributed by atoms with Crippen molar-refractivity contribution < 1.29 is 22.3 Å². The van der Waals surface area contributed by atoms with Gasteiger partial charge in [-0.3, -0.25) is 9.52 Å². The van der Waals surface area contributed by atoms with E-state index in [2.05, 4.69) is 10.0 Å². The lowest BCUT2D eigenvalue weighted by Crippen LogP contribution is -2.15. The Morgan fingerprint density at radius 3 is 2.29 bits per heavy atom. The molecule has 0 saturated carbocycles. The fourth-order valence-corrected chi connectivity index (χ4v) is 3.55. The van der Waals surface area contributed by atoms with Crippen molar-refractivity contribution in [1.29, 1.82) is 0 Å². The van der Waals surface area contributed by atoms with Gasteiger partial charge in [-0.05, 0) is 54.6 Å². The van der Waals surface area contributed by atoms with Crippen molar-refractivity contribution in [1.82, 2.24) is 0 Å². The molecular weight excluding hydrogens is 383 g/mol. The van der Waals surface area contributed by atoms with Crippen molar-refractivity contribution in [3.05, 3.63) is 84.2 Å². The van der Waals surface area contributed by atoms with Gasteiger partial charge >= 0.3 is 0 Å². The minimum atomic E-state index is -3.95. The topological polar surface area (TPSA) is 84.5 Å². The lowest BCUT2D eigenvalue weighted by molar-refractivity contribution is 0.102. The molecule has 3 rings (SSSR count). The number of amides is 1. The maximum absolute atomic E-state index is 13.0. The Morgan fingerprint density at radius 2 is 1.64 bits per heavy atom. The second-order valence-electron chi connectivity index (χ2n) is 5.79. The van der Waals surface area contributed by atoms with Crippen LogP contribution in [0.5, 0.6) is 5.75 Å². The van der Waals surface area contributed by atoms with Gasteiger partial charge in [0.2, 0.25) is 0 Å². The Bertz CT molecular complexity index is 1080. The molecule has 3 aromatic rings. The van der Waals surface area contributed by atoms with E-state index in [-0.39, 0.29) is 16.3 Å². The lowest BCUT2D eigenvalue weighted by atomic mass is 10.2. The van der Waals surface area contributed by atoms with E-state index in [9.17, 15) is 17.6 Å². The predicted molar refractivity (Wildman–Crippen MR) is 105 cm³/mol. The van der Waals surface area contributed by atoms with E-state index in [1.165, 1.54) is 37.4 Å². The summed E-state index contributed by atoms with van der Waals surface area (Å²) in [4.78, 5) is 12.3. The Morgan fingerprint density at radius 1 is 0.964 bits per heavy atom. The zero-order valence-corrected chi connectivity index (χ0v) is 15.7. The number of ether oxygens (including phenoxy) is 1. The normalized spacial score (nSPS) is 10.9. The highest BCUT2D eigenvalue weighted by molar-refractivity contribution is 7.92. The molecule has 0 heterocycles. The first-order valence-corrected chi connectivity index (χ1v) is 9.70. The number of hydrogen-bond donors (Lipinski definition) is 2. The van der Waals surface area contributed by atoms with E-state index < -0.39 is 21.7 Å². The number of methoxy groups -OCH3 is 1. The number of halogens is 1. The van der Waals surface area contributed by atoms with Gasteiger partial charge in [0.1, 0.15) is 11.6 Å². The molecule has 0 aliphatic rings. The van der Waals surface area contributed by atoms with E-state index in [0.29, 0.717) is 11.3 Å². The van der Waals surface area contributed by atoms with Crippen molar-refractivity contribution in [3.63, 3.8) is 0 Å². The standard InChI is InChI=1S/C20H17FN2O4S/c1-27-19-12-11-17(28(25,26)23-16-9-7-15(21)8-10-16)13-18(19)22-20(24)14-5-3-2-4-6-14/h2-13,23H,1H3,(H,22,24). The molecule has 144 valence electrons. The molecular formula is C20H17FN2O4S. The van der Waals surface area contributed by atoms with Crippen LogP contribution in [-0.4, -0.2) is 21.4 Å². The van der Waals surface area contributed by atoms with Gasteiger partial charge in [0, 0.05) is 11.3 Å². The average Bonchev–Trinajstić information content (AvgIpc) is 2.70. The number of hydrogen-bond acceptors (Lipinski definition) is 4. The molecule has 28 heavy (non-hydrogen) atoms. The third-order valence-electron chi connectivity index (χ3n) is 3.86. The van der Waals surface area contributed by atoms with E-state index >= 15 is 0 Å². The highest BCUT2D eigenvalue weighted by Crippen LogP contribution is 2.29. The maximum Gasteiger partial charge on any atom is 0.261 e. The van der Waals surface area contributed by atoms with Crippen LogP contribution in [0.1, 0.15) is 10.4 Å². The molecule has 0 saturated heterocycles. The number of nitrogens with one attached hydrogen (secondary N) is 2. The first-order chi connectivity index (χ1) is 13.4. The number of rotatable bonds is 6. The van der Waals surface area contributed by atoms with Crippen molar-refractivity contribution in [2.24, 2.45) is 0 Å². The Labute approximate surface area is 162 Å². The summed E-state index contributed by atoms with van der Waals surface area (Å²) in [6.45, 7) is 0. The lowest BCUT2D eigenvalue weighted by Gasteiger charge is -2.13. The first kappa shape index (κ1) is 19.4. The second-order valence-corrected chi connectivity index (χ2v) is 7.48. The van der Waals surface area contributed by atoms with E-state index in [0.717, 1.165) is 12.1 Å². The Balaban J connectivity index is 1.89. The highest BCUT2D eigenvalue weighted by atomic mass is 32.2. The minimum Gasteiger partial charge on any atom is -0.495 e. The third kappa shape index (κ3) is 4.47. The summed E-state index contributed by atoms with van der Waals surface area (Å²) in [5.74, 6) is -0.566. The summed E-state index contributed by atoms with van der Waals surface area (Å²) in [5, 5.41) is 2.66. The number of sulfonamides is 1. The van der Waals surface area contributed by atoms with Gasteiger partial charge < -0.3 is 10.1 Å². The number of benzene rings is 3. The Kier molecular flexibility index (Phi) is 5.60. The van der Waals surface area contributed by atoms with Crippen molar-refractivity contribution in [2.45, 2.75) is 4.90 Å². The van der Waals surface area contributed by atoms with Crippen LogP contribution in [0, 0.1) is 5.82 Å². The third-order valence-corrected chi connectivity index (χ3v) is 5.24. The van der Waals surface area contributed by atoms with Crippen LogP contribution >= 0.6 is 0 Å². The van der Waals surface area contributed by atoms with Gasteiger partial charge in [0.05, 0.1) is 17.7 Å². The molecule has 0 bridgehead atoms. The molecule has 3 aromatic carbocycles. The van der Waals surface area contributed by atoms with Gasteiger partial charge in [0.15, 0.2) is 0 Å². The molecule has 0 spiro atoms. The van der Waals surface area contributed by atoms with Crippen LogP contribution in [-0.2, 0) is 10.0 Å². The van der Waals surface area contributed by atoms with Crippen LogP contribution in [0.2, 0.25) is 0 Å². The summed E-state index contributed by atoms with van der Waals surface area (Å²) >= 11 is 0. The van der Waals surface area contributed by atoms with Gasteiger partial charge in [-0.25, -0.2) is 12.8 Å². The summed E-state index contributed by atoms with van der Waals surface area (Å²) < 4.78 is 45.9.